The molecule has 5 heteroatoms. The van der Waals surface area contributed by atoms with Crippen molar-refractivity contribution in [1.82, 2.24) is 9.55 Å². The lowest BCUT2D eigenvalue weighted by Gasteiger charge is -2.27. The first kappa shape index (κ1) is 12.2. The van der Waals surface area contributed by atoms with E-state index >= 15 is 0 Å². The largest absolute Gasteiger partial charge is 0.331 e. The Morgan fingerprint density at radius 3 is 2.72 bits per heavy atom. The quantitative estimate of drug-likeness (QED) is 0.797. The highest BCUT2D eigenvalue weighted by atomic mass is 35.5. The molecule has 3 rings (SSSR count). The van der Waals surface area contributed by atoms with Gasteiger partial charge in [-0.15, -0.1) is 0 Å². The van der Waals surface area contributed by atoms with Crippen LogP contribution in [0.25, 0.3) is 11.0 Å². The Balaban J connectivity index is 2.31. The molecule has 1 heterocycles. The van der Waals surface area contributed by atoms with Crippen molar-refractivity contribution in [2.24, 2.45) is 5.92 Å². The number of nitrogens with one attached hydrogen (secondary N) is 1. The second-order valence-electron chi connectivity index (χ2n) is 5.48. The van der Waals surface area contributed by atoms with Crippen LogP contribution in [-0.4, -0.2) is 9.55 Å². The molecule has 96 valence electrons. The van der Waals surface area contributed by atoms with Crippen LogP contribution < -0.4 is 0 Å². The molecule has 0 saturated heterocycles. The topological polar surface area (TPSA) is 20.7 Å². The van der Waals surface area contributed by atoms with Gasteiger partial charge in [-0.2, -0.15) is 0 Å². The minimum absolute atomic E-state index is 0.0877. The molecule has 1 aromatic carbocycles. The predicted octanol–water partition coefficient (Wildman–Crippen LogP) is 4.64. The summed E-state index contributed by atoms with van der Waals surface area (Å²) in [6.45, 7) is 4.31. The number of H-pyrrole nitrogens is 1. The van der Waals surface area contributed by atoms with E-state index in [1.54, 1.807) is 6.07 Å². The number of rotatable bonds is 2. The summed E-state index contributed by atoms with van der Waals surface area (Å²) in [4.78, 5) is 3.11. The molecule has 0 amide bonds. The molecule has 18 heavy (non-hydrogen) atoms. The normalized spacial score (nSPS) is 16.4. The van der Waals surface area contributed by atoms with E-state index in [0.29, 0.717) is 10.7 Å². The summed E-state index contributed by atoms with van der Waals surface area (Å²) in [6.07, 6.45) is 2.41. The Morgan fingerprint density at radius 2 is 2.11 bits per heavy atom. The fourth-order valence-electron chi connectivity index (χ4n) is 2.65. The summed E-state index contributed by atoms with van der Waals surface area (Å²) in [5.41, 5.74) is 1.49. The SMILES string of the molecule is CC(C)(C1CC1)n1c(=S)[nH]c2cc(Cl)c(F)cc21. The molecule has 0 aliphatic heterocycles. The minimum atomic E-state index is -0.404. The van der Waals surface area contributed by atoms with Crippen LogP contribution in [-0.2, 0) is 5.54 Å². The van der Waals surface area contributed by atoms with Crippen molar-refractivity contribution in [3.8, 4) is 0 Å². The highest BCUT2D eigenvalue weighted by Crippen LogP contribution is 2.45. The zero-order valence-electron chi connectivity index (χ0n) is 10.3. The maximum absolute atomic E-state index is 13.6. The number of hydrogen-bond donors (Lipinski definition) is 1. The van der Waals surface area contributed by atoms with E-state index in [2.05, 4.69) is 18.8 Å². The smallest absolute Gasteiger partial charge is 0.178 e. The number of hydrogen-bond acceptors (Lipinski definition) is 1. The average Bonchev–Trinajstić information content (AvgIpc) is 3.05. The van der Waals surface area contributed by atoms with Gasteiger partial charge in [-0.05, 0) is 50.9 Å². The van der Waals surface area contributed by atoms with Gasteiger partial charge >= 0.3 is 0 Å². The summed E-state index contributed by atoms with van der Waals surface area (Å²) in [5, 5.41) is 0.120. The molecule has 1 aromatic heterocycles. The van der Waals surface area contributed by atoms with Crippen LogP contribution in [0.1, 0.15) is 26.7 Å². The Hall–Kier alpha value is -0.870. The van der Waals surface area contributed by atoms with Crippen LogP contribution in [0.4, 0.5) is 4.39 Å². The van der Waals surface area contributed by atoms with Crippen LogP contribution in [0.15, 0.2) is 12.1 Å². The van der Waals surface area contributed by atoms with Gasteiger partial charge in [0.2, 0.25) is 0 Å². The number of fused-ring (bicyclic) bond motifs is 1. The van der Waals surface area contributed by atoms with Crippen LogP contribution in [0.3, 0.4) is 0 Å². The first-order valence-corrected chi connectivity index (χ1v) is 6.80. The summed E-state index contributed by atoms with van der Waals surface area (Å²) in [5.74, 6) is 0.209. The molecule has 1 fully saturated rings. The van der Waals surface area contributed by atoms with E-state index in [0.717, 1.165) is 11.0 Å². The maximum atomic E-state index is 13.6. The Bertz CT molecular complexity index is 682. The molecule has 0 unspecified atom stereocenters. The van der Waals surface area contributed by atoms with Crippen molar-refractivity contribution >= 4 is 34.9 Å². The Kier molecular flexibility index (Phi) is 2.58. The summed E-state index contributed by atoms with van der Waals surface area (Å²) < 4.78 is 16.3. The van der Waals surface area contributed by atoms with Gasteiger partial charge in [0.25, 0.3) is 0 Å². The fourth-order valence-corrected chi connectivity index (χ4v) is 3.25. The third-order valence-electron chi connectivity index (χ3n) is 3.88. The fraction of sp³-hybridized carbons (Fsp3) is 0.462. The molecule has 1 N–H and O–H groups in total. The first-order chi connectivity index (χ1) is 8.41. The van der Waals surface area contributed by atoms with Gasteiger partial charge < -0.3 is 9.55 Å². The van der Waals surface area contributed by atoms with Crippen molar-refractivity contribution in [3.63, 3.8) is 0 Å². The number of benzene rings is 1. The number of nitrogens with zero attached hydrogens (tertiary/aromatic N) is 1. The monoisotopic (exact) mass is 284 g/mol. The number of halogens is 2. The molecule has 1 saturated carbocycles. The van der Waals surface area contributed by atoms with Gasteiger partial charge in [0, 0.05) is 11.6 Å². The molecule has 2 aromatic rings. The van der Waals surface area contributed by atoms with E-state index < -0.39 is 5.82 Å². The highest BCUT2D eigenvalue weighted by molar-refractivity contribution is 7.71. The molecule has 0 radical (unpaired) electrons. The van der Waals surface area contributed by atoms with E-state index in [1.807, 2.05) is 4.57 Å². The second-order valence-corrected chi connectivity index (χ2v) is 6.27. The Morgan fingerprint density at radius 1 is 1.44 bits per heavy atom. The average molecular weight is 285 g/mol. The lowest BCUT2D eigenvalue weighted by atomic mass is 9.98. The van der Waals surface area contributed by atoms with Crippen LogP contribution in [0, 0.1) is 16.5 Å². The molecule has 0 spiro atoms. The lowest BCUT2D eigenvalue weighted by molar-refractivity contribution is 0.310. The van der Waals surface area contributed by atoms with Crippen molar-refractivity contribution in [3.05, 3.63) is 27.7 Å². The van der Waals surface area contributed by atoms with Crippen molar-refractivity contribution in [1.29, 1.82) is 0 Å². The number of imidazole rings is 1. The highest BCUT2D eigenvalue weighted by Gasteiger charge is 2.40. The standard InChI is InChI=1S/C13H14ClFN2S/c1-13(2,7-3-4-7)17-11-6-9(15)8(14)5-10(11)16-12(17)18/h5-7H,3-4H2,1-2H3,(H,16,18). The third kappa shape index (κ3) is 1.70. The molecule has 2 nitrogen and oxygen atoms in total. The van der Waals surface area contributed by atoms with Gasteiger partial charge in [0.1, 0.15) is 5.82 Å². The molecular weight excluding hydrogens is 271 g/mol. The zero-order chi connectivity index (χ0) is 13.1. The lowest BCUT2D eigenvalue weighted by Crippen LogP contribution is -2.28. The van der Waals surface area contributed by atoms with Gasteiger partial charge in [-0.1, -0.05) is 11.6 Å². The number of aromatic amines is 1. The van der Waals surface area contributed by atoms with Crippen molar-refractivity contribution in [2.75, 3.05) is 0 Å². The van der Waals surface area contributed by atoms with Crippen LogP contribution in [0.2, 0.25) is 5.02 Å². The molecular formula is C13H14ClFN2S. The van der Waals surface area contributed by atoms with Crippen molar-refractivity contribution < 1.29 is 4.39 Å². The van der Waals surface area contributed by atoms with E-state index in [1.165, 1.54) is 18.9 Å². The maximum Gasteiger partial charge on any atom is 0.178 e. The minimum Gasteiger partial charge on any atom is -0.331 e. The van der Waals surface area contributed by atoms with Gasteiger partial charge in [0.05, 0.1) is 16.1 Å². The van der Waals surface area contributed by atoms with Gasteiger partial charge in [0.15, 0.2) is 4.77 Å². The van der Waals surface area contributed by atoms with E-state index in [9.17, 15) is 4.39 Å². The van der Waals surface area contributed by atoms with Gasteiger partial charge in [-0.3, -0.25) is 0 Å². The van der Waals surface area contributed by atoms with Crippen molar-refractivity contribution in [2.45, 2.75) is 32.2 Å². The molecule has 0 bridgehead atoms. The van der Waals surface area contributed by atoms with Gasteiger partial charge in [-0.25, -0.2) is 4.39 Å². The van der Waals surface area contributed by atoms with E-state index in [-0.39, 0.29) is 10.6 Å². The van der Waals surface area contributed by atoms with Crippen LogP contribution >= 0.6 is 23.8 Å². The third-order valence-corrected chi connectivity index (χ3v) is 4.45. The van der Waals surface area contributed by atoms with Crippen LogP contribution in [0.5, 0.6) is 0 Å². The summed E-state index contributed by atoms with van der Waals surface area (Å²) in [6, 6.07) is 3.07. The van der Waals surface area contributed by atoms with E-state index in [4.69, 9.17) is 23.8 Å². The Labute approximate surface area is 115 Å². The number of aromatic nitrogens is 2. The molecule has 1 aliphatic carbocycles. The molecule has 0 atom stereocenters. The predicted molar refractivity (Wildman–Crippen MR) is 74.1 cm³/mol. The zero-order valence-corrected chi connectivity index (χ0v) is 11.8. The molecule has 1 aliphatic rings. The summed E-state index contributed by atoms with van der Waals surface area (Å²) >= 11 is 11.2. The first-order valence-electron chi connectivity index (χ1n) is 6.01. The second kappa shape index (κ2) is 3.81. The summed E-state index contributed by atoms with van der Waals surface area (Å²) in [7, 11) is 0.